The summed E-state index contributed by atoms with van der Waals surface area (Å²) in [6.07, 6.45) is 9.38. The predicted molar refractivity (Wildman–Crippen MR) is 199 cm³/mol. The Hall–Kier alpha value is -4.08. The third-order valence-corrected chi connectivity index (χ3v) is 11.3. The number of amides is 4. The minimum atomic E-state index is -0.411. The van der Waals surface area contributed by atoms with Crippen LogP contribution in [0, 0.1) is 17.3 Å². The van der Waals surface area contributed by atoms with Crippen molar-refractivity contribution in [3.05, 3.63) is 71.8 Å². The van der Waals surface area contributed by atoms with Gasteiger partial charge < -0.3 is 29.9 Å². The summed E-state index contributed by atoms with van der Waals surface area (Å²) in [5, 5.41) is 6.09. The first-order valence-corrected chi connectivity index (χ1v) is 18.9. The zero-order valence-electron chi connectivity index (χ0n) is 31.2. The van der Waals surface area contributed by atoms with E-state index in [1.807, 2.05) is 60.7 Å². The van der Waals surface area contributed by atoms with Crippen LogP contribution in [0.25, 0.3) is 0 Å². The molecule has 0 aliphatic heterocycles. The first-order valence-electron chi connectivity index (χ1n) is 18.9. The normalized spacial score (nSPS) is 20.5. The van der Waals surface area contributed by atoms with Crippen molar-refractivity contribution in [2.75, 3.05) is 40.4 Å². The van der Waals surface area contributed by atoms with Crippen LogP contribution in [-0.2, 0) is 31.9 Å². The highest BCUT2D eigenvalue weighted by Gasteiger charge is 2.41. The molecule has 51 heavy (non-hydrogen) atoms. The second-order valence-corrected chi connectivity index (χ2v) is 15.1. The monoisotopic (exact) mass is 704 g/mol. The van der Waals surface area contributed by atoms with Gasteiger partial charge in [0, 0.05) is 39.0 Å². The van der Waals surface area contributed by atoms with Crippen molar-refractivity contribution in [2.45, 2.75) is 103 Å². The lowest BCUT2D eigenvalue weighted by molar-refractivity contribution is -0.131. The lowest BCUT2D eigenvalue weighted by atomic mass is 9.60. The van der Waals surface area contributed by atoms with Gasteiger partial charge in [-0.05, 0) is 92.6 Å². The van der Waals surface area contributed by atoms with Crippen LogP contribution >= 0.6 is 0 Å². The van der Waals surface area contributed by atoms with Gasteiger partial charge in [0.1, 0.15) is 13.2 Å². The van der Waals surface area contributed by atoms with Gasteiger partial charge in [0.25, 0.3) is 0 Å². The van der Waals surface area contributed by atoms with E-state index in [1.54, 1.807) is 23.9 Å². The van der Waals surface area contributed by atoms with Crippen molar-refractivity contribution >= 4 is 24.0 Å². The predicted octanol–water partition coefficient (Wildman–Crippen LogP) is 6.77. The SMILES string of the molecule is CN(CCOC(=O)NC1CCC(C(C)(C)C2CCC(NC(=O)OCCN(C)C(=O)CCc3ccccc3)CC2)CC1)C(=O)CCc1ccccc1. The maximum absolute atomic E-state index is 12.5. The van der Waals surface area contributed by atoms with Gasteiger partial charge in [-0.3, -0.25) is 9.59 Å². The number of nitrogens with one attached hydrogen (secondary N) is 2. The molecule has 10 heteroatoms. The van der Waals surface area contributed by atoms with E-state index in [1.165, 1.54) is 0 Å². The van der Waals surface area contributed by atoms with E-state index in [4.69, 9.17) is 9.47 Å². The average molecular weight is 705 g/mol. The van der Waals surface area contributed by atoms with Crippen LogP contribution in [0.15, 0.2) is 60.7 Å². The quantitative estimate of drug-likeness (QED) is 0.199. The number of carbonyl (C=O) groups is 4. The Morgan fingerprint density at radius 1 is 0.608 bits per heavy atom. The van der Waals surface area contributed by atoms with Crippen molar-refractivity contribution in [2.24, 2.45) is 17.3 Å². The van der Waals surface area contributed by atoms with Crippen molar-refractivity contribution in [3.63, 3.8) is 0 Å². The highest BCUT2D eigenvalue weighted by atomic mass is 16.6. The fourth-order valence-corrected chi connectivity index (χ4v) is 7.69. The molecule has 0 atom stereocenters. The van der Waals surface area contributed by atoms with Gasteiger partial charge in [-0.15, -0.1) is 0 Å². The van der Waals surface area contributed by atoms with Crippen molar-refractivity contribution in [1.29, 1.82) is 0 Å². The first-order chi connectivity index (χ1) is 24.5. The third-order valence-electron chi connectivity index (χ3n) is 11.3. The molecule has 2 aromatic carbocycles. The van der Waals surface area contributed by atoms with Crippen molar-refractivity contribution in [1.82, 2.24) is 20.4 Å². The zero-order valence-corrected chi connectivity index (χ0v) is 31.2. The average Bonchev–Trinajstić information content (AvgIpc) is 3.14. The molecule has 0 unspecified atom stereocenters. The Morgan fingerprint density at radius 2 is 0.961 bits per heavy atom. The van der Waals surface area contributed by atoms with E-state index in [9.17, 15) is 19.2 Å². The Balaban J connectivity index is 1.05. The Bertz CT molecular complexity index is 1270. The molecule has 2 N–H and O–H groups in total. The van der Waals surface area contributed by atoms with Crippen LogP contribution in [-0.4, -0.2) is 86.3 Å². The highest BCUT2D eigenvalue weighted by molar-refractivity contribution is 5.76. The molecule has 280 valence electrons. The number of rotatable bonds is 16. The summed E-state index contributed by atoms with van der Waals surface area (Å²) < 4.78 is 10.8. The van der Waals surface area contributed by atoms with Crippen LogP contribution < -0.4 is 10.6 Å². The third kappa shape index (κ3) is 13.2. The first kappa shape index (κ1) is 39.7. The summed E-state index contributed by atoms with van der Waals surface area (Å²) in [7, 11) is 3.49. The molecule has 0 bridgehead atoms. The number of nitrogens with zero attached hydrogens (tertiary/aromatic N) is 2. The number of hydrogen-bond acceptors (Lipinski definition) is 6. The Labute approximate surface area is 305 Å². The summed E-state index contributed by atoms with van der Waals surface area (Å²) in [6.45, 7) is 5.87. The number of aryl methyl sites for hydroxylation is 2. The van der Waals surface area contributed by atoms with E-state index < -0.39 is 12.2 Å². The molecule has 0 radical (unpaired) electrons. The molecule has 2 fully saturated rings. The molecule has 4 rings (SSSR count). The molecule has 4 amide bonds. The largest absolute Gasteiger partial charge is 0.448 e. The number of hydrogen-bond donors (Lipinski definition) is 2. The molecule has 0 aromatic heterocycles. The summed E-state index contributed by atoms with van der Waals surface area (Å²) >= 11 is 0. The van der Waals surface area contributed by atoms with Gasteiger partial charge in [-0.1, -0.05) is 74.5 Å². The molecule has 0 saturated heterocycles. The van der Waals surface area contributed by atoms with E-state index in [-0.39, 0.29) is 42.5 Å². The standard InChI is InChI=1S/C41H60N4O6/c1-41(2,33-17-21-35(22-18-33)42-39(48)50-29-27-44(3)37(46)25-15-31-11-7-5-8-12-31)34-19-23-36(24-20-34)43-40(49)51-30-28-45(4)38(47)26-16-32-13-9-6-10-14-32/h5-14,33-36H,15-30H2,1-4H3,(H,42,48)(H,43,49). The van der Waals surface area contributed by atoms with Gasteiger partial charge in [-0.25, -0.2) is 9.59 Å². The minimum Gasteiger partial charge on any atom is -0.448 e. The van der Waals surface area contributed by atoms with Gasteiger partial charge in [0.05, 0.1) is 13.1 Å². The Morgan fingerprint density at radius 3 is 1.31 bits per heavy atom. The molecule has 2 saturated carbocycles. The lowest BCUT2D eigenvalue weighted by Gasteiger charge is -2.46. The highest BCUT2D eigenvalue weighted by Crippen LogP contribution is 2.48. The maximum atomic E-state index is 12.5. The number of benzene rings is 2. The Kier molecular flexibility index (Phi) is 15.6. The molecule has 0 spiro atoms. The van der Waals surface area contributed by atoms with Crippen LogP contribution in [0.2, 0.25) is 0 Å². The summed E-state index contributed by atoms with van der Waals surface area (Å²) in [5.74, 6) is 1.23. The molecule has 2 aliphatic carbocycles. The number of ether oxygens (including phenoxy) is 2. The summed E-state index contributed by atoms with van der Waals surface area (Å²) in [4.78, 5) is 53.1. The summed E-state index contributed by atoms with van der Waals surface area (Å²) in [6, 6.07) is 20.1. The van der Waals surface area contributed by atoms with Crippen LogP contribution in [0.5, 0.6) is 0 Å². The van der Waals surface area contributed by atoms with Gasteiger partial charge in [-0.2, -0.15) is 0 Å². The molecule has 2 aliphatic rings. The van der Waals surface area contributed by atoms with E-state index >= 15 is 0 Å². The van der Waals surface area contributed by atoms with Crippen LogP contribution in [0.4, 0.5) is 9.59 Å². The molecular weight excluding hydrogens is 644 g/mol. The van der Waals surface area contributed by atoms with Crippen molar-refractivity contribution < 1.29 is 28.7 Å². The lowest BCUT2D eigenvalue weighted by Crippen LogP contribution is -2.44. The van der Waals surface area contributed by atoms with Crippen LogP contribution in [0.1, 0.15) is 89.2 Å². The second-order valence-electron chi connectivity index (χ2n) is 15.1. The van der Waals surface area contributed by atoms with E-state index in [2.05, 4.69) is 24.5 Å². The summed E-state index contributed by atoms with van der Waals surface area (Å²) in [5.41, 5.74) is 2.44. The fraction of sp³-hybridized carbons (Fsp3) is 0.610. The minimum absolute atomic E-state index is 0.0376. The molecular formula is C41H60N4O6. The second kappa shape index (κ2) is 20.1. The van der Waals surface area contributed by atoms with Crippen molar-refractivity contribution in [3.8, 4) is 0 Å². The maximum Gasteiger partial charge on any atom is 0.407 e. The van der Waals surface area contributed by atoms with Gasteiger partial charge >= 0.3 is 12.2 Å². The smallest absolute Gasteiger partial charge is 0.407 e. The topological polar surface area (TPSA) is 117 Å². The number of carbonyl (C=O) groups excluding carboxylic acids is 4. The molecule has 10 nitrogen and oxygen atoms in total. The van der Waals surface area contributed by atoms with Crippen LogP contribution in [0.3, 0.4) is 0 Å². The number of alkyl carbamates (subject to hydrolysis) is 2. The molecule has 0 heterocycles. The zero-order chi connectivity index (χ0) is 36.6. The van der Waals surface area contributed by atoms with E-state index in [0.29, 0.717) is 50.6 Å². The molecule has 2 aromatic rings. The van der Waals surface area contributed by atoms with Gasteiger partial charge in [0.2, 0.25) is 11.8 Å². The fourth-order valence-electron chi connectivity index (χ4n) is 7.69. The number of likely N-dealkylation sites (N-methyl/N-ethyl adjacent to an activating group) is 2. The van der Waals surface area contributed by atoms with E-state index in [0.717, 1.165) is 62.5 Å². The van der Waals surface area contributed by atoms with Gasteiger partial charge in [0.15, 0.2) is 0 Å².